The number of ether oxygens (including phenoxy) is 2. The maximum Gasteiger partial charge on any atom is 0.228 e. The number of carbonyl (C=O) groups excluding carboxylic acids is 1. The Balaban J connectivity index is 1.97. The zero-order valence-electron chi connectivity index (χ0n) is 17.8. The second-order valence-electron chi connectivity index (χ2n) is 7.25. The molecule has 2 aromatic rings. The summed E-state index contributed by atoms with van der Waals surface area (Å²) in [6, 6.07) is 9.62. The number of allylic oxidation sites excluding steroid dienone is 1. The molecule has 1 unspecified atom stereocenters. The molecule has 0 N–H and O–H groups in total. The number of terminal acetylenes is 1. The minimum absolute atomic E-state index is 0.0856. The molecule has 1 heterocycles. The number of nitrogens with zero attached hydrogens (tertiary/aromatic N) is 2. The van der Waals surface area contributed by atoms with Crippen molar-refractivity contribution in [1.82, 2.24) is 10.0 Å². The van der Waals surface area contributed by atoms with Crippen molar-refractivity contribution in [3.8, 4) is 29.6 Å². The van der Waals surface area contributed by atoms with Crippen molar-refractivity contribution in [3.63, 3.8) is 0 Å². The summed E-state index contributed by atoms with van der Waals surface area (Å²) < 4.78 is 26.5. The van der Waals surface area contributed by atoms with Gasteiger partial charge < -0.3 is 9.47 Å². The fraction of sp³-hybridized carbons (Fsp3) is 0.292. The molecular weight excluding hydrogens is 454 g/mol. The summed E-state index contributed by atoms with van der Waals surface area (Å²) in [6.45, 7) is 4.53. The topological polar surface area (TPSA) is 42.0 Å². The van der Waals surface area contributed by atoms with Gasteiger partial charge in [0.25, 0.3) is 0 Å². The summed E-state index contributed by atoms with van der Waals surface area (Å²) in [7, 11) is 0. The van der Waals surface area contributed by atoms with Crippen LogP contribution in [0.25, 0.3) is 5.57 Å². The van der Waals surface area contributed by atoms with Crippen molar-refractivity contribution >= 4 is 35.2 Å². The molecule has 168 valence electrons. The Morgan fingerprint density at radius 3 is 2.59 bits per heavy atom. The van der Waals surface area contributed by atoms with Crippen LogP contribution in [0.1, 0.15) is 32.3 Å². The van der Waals surface area contributed by atoms with Gasteiger partial charge in [0.15, 0.2) is 17.6 Å². The molecule has 0 radical (unpaired) electrons. The monoisotopic (exact) mass is 476 g/mol. The van der Waals surface area contributed by atoms with E-state index in [2.05, 4.69) is 5.92 Å². The van der Waals surface area contributed by atoms with Gasteiger partial charge in [0.2, 0.25) is 6.41 Å². The Kier molecular flexibility index (Phi) is 7.89. The number of hydrazine groups is 1. The Labute approximate surface area is 197 Å². The van der Waals surface area contributed by atoms with Crippen molar-refractivity contribution in [2.75, 3.05) is 13.1 Å². The first-order chi connectivity index (χ1) is 15.3. The normalized spacial score (nSPS) is 15.5. The van der Waals surface area contributed by atoms with Crippen LogP contribution in [0, 0.1) is 18.2 Å². The third-order valence-electron chi connectivity index (χ3n) is 5.01. The highest BCUT2D eigenvalue weighted by Crippen LogP contribution is 2.39. The van der Waals surface area contributed by atoms with Crippen molar-refractivity contribution in [1.29, 1.82) is 0 Å². The molecule has 5 nitrogen and oxygen atoms in total. The molecule has 1 amide bonds. The molecule has 1 aliphatic heterocycles. The minimum atomic E-state index is -0.557. The average Bonchev–Trinajstić information content (AvgIpc) is 2.80. The van der Waals surface area contributed by atoms with E-state index in [1.54, 1.807) is 43.1 Å². The third kappa shape index (κ3) is 5.29. The maximum absolute atomic E-state index is 14.8. The van der Waals surface area contributed by atoms with Crippen LogP contribution in [0.15, 0.2) is 41.6 Å². The molecule has 0 saturated carbocycles. The van der Waals surface area contributed by atoms with Crippen molar-refractivity contribution in [2.24, 2.45) is 0 Å². The van der Waals surface area contributed by atoms with Gasteiger partial charge in [0.1, 0.15) is 16.7 Å². The molecule has 0 bridgehead atoms. The first kappa shape index (κ1) is 23.8. The van der Waals surface area contributed by atoms with E-state index in [0.29, 0.717) is 30.2 Å². The highest BCUT2D eigenvalue weighted by atomic mass is 35.5. The van der Waals surface area contributed by atoms with E-state index in [1.165, 1.54) is 17.1 Å². The Hall–Kier alpha value is -2.88. The molecule has 1 saturated heterocycles. The molecule has 2 aromatic carbocycles. The highest BCUT2D eigenvalue weighted by Gasteiger charge is 2.23. The van der Waals surface area contributed by atoms with E-state index in [1.807, 2.05) is 0 Å². The Morgan fingerprint density at radius 1 is 1.22 bits per heavy atom. The zero-order chi connectivity index (χ0) is 23.3. The predicted molar refractivity (Wildman–Crippen MR) is 124 cm³/mol. The van der Waals surface area contributed by atoms with Gasteiger partial charge in [-0.2, -0.15) is 0 Å². The van der Waals surface area contributed by atoms with Gasteiger partial charge in [-0.3, -0.25) is 14.8 Å². The van der Waals surface area contributed by atoms with Crippen LogP contribution in [-0.4, -0.2) is 35.6 Å². The summed E-state index contributed by atoms with van der Waals surface area (Å²) in [6.07, 6.45) is 7.41. The first-order valence-corrected chi connectivity index (χ1v) is 10.9. The van der Waals surface area contributed by atoms with E-state index >= 15 is 0 Å². The molecule has 1 fully saturated rings. The van der Waals surface area contributed by atoms with E-state index in [9.17, 15) is 9.18 Å². The van der Waals surface area contributed by atoms with Gasteiger partial charge in [-0.1, -0.05) is 41.3 Å². The summed E-state index contributed by atoms with van der Waals surface area (Å²) in [5.74, 6) is 2.97. The number of hydrogen-bond donors (Lipinski definition) is 0. The molecule has 0 aromatic heterocycles. The molecule has 3 rings (SSSR count). The lowest BCUT2D eigenvalue weighted by Gasteiger charge is -2.37. The fourth-order valence-corrected chi connectivity index (χ4v) is 3.75. The average molecular weight is 477 g/mol. The number of carbonyl (C=O) groups is 1. The molecule has 32 heavy (non-hydrogen) atoms. The summed E-state index contributed by atoms with van der Waals surface area (Å²) in [5, 5.41) is 3.48. The predicted octanol–water partition coefficient (Wildman–Crippen LogP) is 6.07. The molecule has 1 atom stereocenters. The lowest BCUT2D eigenvalue weighted by Crippen LogP contribution is -2.44. The van der Waals surface area contributed by atoms with Gasteiger partial charge in [0.05, 0.1) is 5.02 Å². The van der Waals surface area contributed by atoms with Crippen LogP contribution < -0.4 is 9.47 Å². The summed E-state index contributed by atoms with van der Waals surface area (Å²) in [4.78, 5) is 11.4. The lowest BCUT2D eigenvalue weighted by molar-refractivity contribution is -0.133. The van der Waals surface area contributed by atoms with E-state index in [4.69, 9.17) is 39.1 Å². The van der Waals surface area contributed by atoms with E-state index in [-0.39, 0.29) is 21.5 Å². The highest BCUT2D eigenvalue weighted by molar-refractivity contribution is 6.33. The van der Waals surface area contributed by atoms with Crippen molar-refractivity contribution in [2.45, 2.75) is 32.8 Å². The van der Waals surface area contributed by atoms with Crippen LogP contribution in [-0.2, 0) is 4.79 Å². The van der Waals surface area contributed by atoms with E-state index < -0.39 is 11.9 Å². The molecule has 1 aliphatic rings. The number of hydrogen-bond acceptors (Lipinski definition) is 4. The fourth-order valence-electron chi connectivity index (χ4n) is 3.28. The van der Waals surface area contributed by atoms with Crippen molar-refractivity contribution in [3.05, 3.63) is 58.0 Å². The van der Waals surface area contributed by atoms with Gasteiger partial charge in [-0.05, 0) is 56.5 Å². The van der Waals surface area contributed by atoms with Gasteiger partial charge >= 0.3 is 0 Å². The minimum Gasteiger partial charge on any atom is -0.474 e. The molecule has 0 spiro atoms. The molecule has 0 aliphatic carbocycles. The van der Waals surface area contributed by atoms with Crippen molar-refractivity contribution < 1.29 is 18.7 Å². The number of rotatable bonds is 7. The summed E-state index contributed by atoms with van der Waals surface area (Å²) in [5.41, 5.74) is 0.658. The Bertz CT molecular complexity index is 1070. The molecule has 8 heteroatoms. The second kappa shape index (κ2) is 10.6. The van der Waals surface area contributed by atoms with Crippen LogP contribution in [0.3, 0.4) is 0 Å². The van der Waals surface area contributed by atoms with E-state index in [0.717, 1.165) is 19.3 Å². The quantitative estimate of drug-likeness (QED) is 0.276. The summed E-state index contributed by atoms with van der Waals surface area (Å²) >= 11 is 12.8. The smallest absolute Gasteiger partial charge is 0.228 e. The van der Waals surface area contributed by atoms with Gasteiger partial charge in [-0.25, -0.2) is 4.39 Å². The molecular formula is C24H23Cl2FN2O3. The standard InChI is InChI=1S/C24H23Cl2FN2O3/c1-4-16(2)31-21-9-5-6-10-22(21)32-23-13-18(20(27)14-19(23)25)17(3)24(26)29-12-8-7-11-28(29)15-30/h1,5-6,9-10,13-16H,7-8,11-12H2,2-3H3/b24-17+. The second-order valence-corrected chi connectivity index (χ2v) is 8.02. The number of amides is 1. The lowest BCUT2D eigenvalue weighted by atomic mass is 10.1. The van der Waals surface area contributed by atoms with Crippen LogP contribution in [0.5, 0.6) is 17.2 Å². The van der Waals surface area contributed by atoms with Crippen LogP contribution in [0.2, 0.25) is 5.02 Å². The largest absolute Gasteiger partial charge is 0.474 e. The maximum atomic E-state index is 14.8. The number of para-hydroxylation sites is 2. The SMILES string of the molecule is C#CC(C)Oc1ccccc1Oc1cc(/C(C)=C(\Cl)N2CCCCN2C=O)c(F)cc1Cl. The van der Waals surface area contributed by atoms with Crippen LogP contribution in [0.4, 0.5) is 4.39 Å². The third-order valence-corrected chi connectivity index (χ3v) is 5.78. The number of halogens is 3. The van der Waals surface area contributed by atoms with Gasteiger partial charge in [-0.15, -0.1) is 6.42 Å². The zero-order valence-corrected chi connectivity index (χ0v) is 19.3. The first-order valence-electron chi connectivity index (χ1n) is 10.1. The van der Waals surface area contributed by atoms with Gasteiger partial charge in [0, 0.05) is 18.7 Å². The Morgan fingerprint density at radius 2 is 1.91 bits per heavy atom. The number of benzene rings is 2. The van der Waals surface area contributed by atoms with Crippen LogP contribution >= 0.6 is 23.2 Å².